The van der Waals surface area contributed by atoms with Gasteiger partial charge in [0.05, 0.1) is 22.6 Å². The van der Waals surface area contributed by atoms with E-state index in [4.69, 9.17) is 22.1 Å². The number of hydrogen-bond donors (Lipinski definition) is 2. The highest BCUT2D eigenvalue weighted by atomic mass is 35.5. The van der Waals surface area contributed by atoms with Gasteiger partial charge in [-0.1, -0.05) is 11.6 Å². The highest BCUT2D eigenvalue weighted by molar-refractivity contribution is 6.31. The van der Waals surface area contributed by atoms with Crippen molar-refractivity contribution < 1.29 is 13.5 Å². The first-order valence-electron chi connectivity index (χ1n) is 7.81. The van der Waals surface area contributed by atoms with E-state index in [1.807, 2.05) is 0 Å². The van der Waals surface area contributed by atoms with Crippen molar-refractivity contribution in [2.45, 2.75) is 6.23 Å². The molecule has 1 atom stereocenters. The third kappa shape index (κ3) is 2.90. The second kappa shape index (κ2) is 6.60. The third-order valence-electron chi connectivity index (χ3n) is 4.08. The maximum absolute atomic E-state index is 15.3. The number of H-pyrrole nitrogens is 1. The minimum Gasteiger partial charge on any atom is -0.382 e. The minimum atomic E-state index is -0.873. The summed E-state index contributed by atoms with van der Waals surface area (Å²) in [5.41, 5.74) is 6.08. The molecule has 0 amide bonds. The number of nitrogens with one attached hydrogen (secondary N) is 1. The van der Waals surface area contributed by atoms with Crippen LogP contribution in [0.25, 0.3) is 22.6 Å². The molecule has 0 saturated heterocycles. The molecule has 3 N–H and O–H groups in total. The van der Waals surface area contributed by atoms with Gasteiger partial charge >= 0.3 is 0 Å². The number of aromatic amines is 1. The van der Waals surface area contributed by atoms with Gasteiger partial charge in [-0.25, -0.2) is 23.7 Å². The van der Waals surface area contributed by atoms with E-state index >= 15 is 4.39 Å². The summed E-state index contributed by atoms with van der Waals surface area (Å²) >= 11 is 6.03. The maximum Gasteiger partial charge on any atom is 0.183 e. The molecule has 3 aromatic rings. The molecule has 1 aliphatic rings. The normalized spacial score (nSPS) is 16.8. The Kier molecular flexibility index (Phi) is 4.25. The molecule has 27 heavy (non-hydrogen) atoms. The van der Waals surface area contributed by atoms with Gasteiger partial charge in [0.2, 0.25) is 0 Å². The molecule has 0 bridgehead atoms. The van der Waals surface area contributed by atoms with Gasteiger partial charge in [0, 0.05) is 13.3 Å². The molecule has 7 nitrogen and oxygen atoms in total. The molecule has 10 heteroatoms. The highest BCUT2D eigenvalue weighted by Gasteiger charge is 2.26. The second-order valence-corrected chi connectivity index (χ2v) is 6.13. The Balaban J connectivity index is 1.89. The lowest BCUT2D eigenvalue weighted by Crippen LogP contribution is -2.33. The Bertz CT molecular complexity index is 1100. The first-order chi connectivity index (χ1) is 13.0. The van der Waals surface area contributed by atoms with Crippen LogP contribution in [0, 0.1) is 11.6 Å². The van der Waals surface area contributed by atoms with Gasteiger partial charge in [0.1, 0.15) is 11.3 Å². The average molecular weight is 391 g/mol. The molecule has 1 aliphatic heterocycles. The van der Waals surface area contributed by atoms with Gasteiger partial charge in [-0.2, -0.15) is 0 Å². The fraction of sp³-hybridized carbons (Fsp3) is 0.118. The molecule has 1 unspecified atom stereocenters. The van der Waals surface area contributed by atoms with Crippen LogP contribution in [0.15, 0.2) is 41.8 Å². The summed E-state index contributed by atoms with van der Waals surface area (Å²) in [7, 11) is 1.47. The number of methoxy groups -OCH3 is 1. The number of rotatable bonds is 3. The maximum atomic E-state index is 15.3. The highest BCUT2D eigenvalue weighted by Crippen LogP contribution is 2.34. The summed E-state index contributed by atoms with van der Waals surface area (Å²) in [5.74, 6) is -1.87. The Morgan fingerprint density at radius 2 is 2.11 bits per heavy atom. The van der Waals surface area contributed by atoms with Crippen LogP contribution >= 0.6 is 11.6 Å². The van der Waals surface area contributed by atoms with Crippen molar-refractivity contribution in [3.8, 4) is 11.4 Å². The van der Waals surface area contributed by atoms with Crippen LogP contribution in [0.2, 0.25) is 0 Å². The number of nitrogens with two attached hydrogens (primary N) is 1. The number of halogens is 3. The van der Waals surface area contributed by atoms with Crippen LogP contribution < -0.4 is 10.6 Å². The van der Waals surface area contributed by atoms with E-state index in [1.54, 1.807) is 12.2 Å². The average Bonchev–Trinajstić information content (AvgIpc) is 3.11. The number of nitrogen functional groups attached to an aromatic ring is 1. The summed E-state index contributed by atoms with van der Waals surface area (Å²) in [5, 5.41) is 0.368. The first kappa shape index (κ1) is 17.4. The number of fused-ring (bicyclic) bond motifs is 1. The van der Waals surface area contributed by atoms with Gasteiger partial charge in [-0.3, -0.25) is 0 Å². The van der Waals surface area contributed by atoms with Gasteiger partial charge in [-0.05, 0) is 24.3 Å². The van der Waals surface area contributed by atoms with E-state index < -0.39 is 23.4 Å². The van der Waals surface area contributed by atoms with Crippen molar-refractivity contribution in [3.63, 3.8) is 0 Å². The molecule has 0 fully saturated rings. The fourth-order valence-electron chi connectivity index (χ4n) is 2.83. The van der Waals surface area contributed by atoms with Crippen LogP contribution in [-0.2, 0) is 4.74 Å². The van der Waals surface area contributed by atoms with Crippen molar-refractivity contribution in [2.75, 3.05) is 17.7 Å². The fourth-order valence-corrected chi connectivity index (χ4v) is 3.01. The zero-order valence-electron chi connectivity index (χ0n) is 13.9. The standard InChI is InChI=1S/C17H13ClF2N6O/c1-27-11-5-2-8(18)6-26(11)10-4-3-9(19)12(13(10)20)16-24-15(21)14-17(25-16)23-7-22-14/h2-7,11H,1H3,(H3,21,22,23,24,25). The molecule has 0 spiro atoms. The summed E-state index contributed by atoms with van der Waals surface area (Å²) in [6, 6.07) is 2.41. The number of nitrogens with zero attached hydrogens (tertiary/aromatic N) is 4. The van der Waals surface area contributed by atoms with E-state index in [0.717, 1.165) is 6.07 Å². The van der Waals surface area contributed by atoms with Gasteiger partial charge < -0.3 is 20.4 Å². The predicted molar refractivity (Wildman–Crippen MR) is 97.8 cm³/mol. The number of anilines is 2. The Morgan fingerprint density at radius 1 is 1.30 bits per heavy atom. The van der Waals surface area contributed by atoms with Crippen molar-refractivity contribution in [3.05, 3.63) is 53.5 Å². The van der Waals surface area contributed by atoms with E-state index in [1.165, 1.54) is 30.6 Å². The molecule has 0 aliphatic carbocycles. The molecule has 0 saturated carbocycles. The Hall–Kier alpha value is -3.04. The lowest BCUT2D eigenvalue weighted by atomic mass is 10.1. The van der Waals surface area contributed by atoms with Crippen molar-refractivity contribution >= 4 is 34.3 Å². The van der Waals surface area contributed by atoms with Crippen molar-refractivity contribution in [1.82, 2.24) is 19.9 Å². The first-order valence-corrected chi connectivity index (χ1v) is 8.19. The van der Waals surface area contributed by atoms with E-state index in [9.17, 15) is 4.39 Å². The summed E-state index contributed by atoms with van der Waals surface area (Å²) in [4.78, 5) is 16.3. The van der Waals surface area contributed by atoms with E-state index in [0.29, 0.717) is 10.5 Å². The summed E-state index contributed by atoms with van der Waals surface area (Å²) in [6.45, 7) is 0. The number of imidazole rings is 1. The van der Waals surface area contributed by atoms with Gasteiger partial charge in [0.25, 0.3) is 0 Å². The molecule has 4 rings (SSSR count). The largest absolute Gasteiger partial charge is 0.382 e. The molecular formula is C17H13ClF2N6O. The molecule has 138 valence electrons. The number of allylic oxidation sites excluding steroid dienone is 2. The quantitative estimate of drug-likeness (QED) is 0.712. The van der Waals surface area contributed by atoms with Gasteiger partial charge in [-0.15, -0.1) is 0 Å². The molecule has 1 aromatic carbocycles. The number of ether oxygens (including phenoxy) is 1. The van der Waals surface area contributed by atoms with Crippen molar-refractivity contribution in [1.29, 1.82) is 0 Å². The molecule has 3 heterocycles. The number of benzene rings is 1. The SMILES string of the molecule is COC1C=CC(Cl)=CN1c1ccc(F)c(-c2nc(N)c3[nH]cnc3n2)c1F. The van der Waals surface area contributed by atoms with Crippen LogP contribution in [-0.4, -0.2) is 33.3 Å². The monoisotopic (exact) mass is 390 g/mol. The number of aromatic nitrogens is 4. The van der Waals surface area contributed by atoms with Crippen LogP contribution in [0.1, 0.15) is 0 Å². The molecule has 0 radical (unpaired) electrons. The smallest absolute Gasteiger partial charge is 0.183 e. The van der Waals surface area contributed by atoms with E-state index in [-0.39, 0.29) is 23.0 Å². The number of hydrogen-bond acceptors (Lipinski definition) is 6. The lowest BCUT2D eigenvalue weighted by Gasteiger charge is -2.30. The minimum absolute atomic E-state index is 0.0373. The molecular weight excluding hydrogens is 378 g/mol. The zero-order chi connectivity index (χ0) is 19.1. The predicted octanol–water partition coefficient (Wildman–Crippen LogP) is 3.31. The third-order valence-corrected chi connectivity index (χ3v) is 4.31. The summed E-state index contributed by atoms with van der Waals surface area (Å²) in [6.07, 6.45) is 5.53. The lowest BCUT2D eigenvalue weighted by molar-refractivity contribution is 0.143. The Morgan fingerprint density at radius 3 is 2.89 bits per heavy atom. The van der Waals surface area contributed by atoms with Crippen molar-refractivity contribution in [2.24, 2.45) is 0 Å². The van der Waals surface area contributed by atoms with Crippen LogP contribution in [0.5, 0.6) is 0 Å². The summed E-state index contributed by atoms with van der Waals surface area (Å²) < 4.78 is 35.1. The topological polar surface area (TPSA) is 92.9 Å². The molecule has 2 aromatic heterocycles. The van der Waals surface area contributed by atoms with Gasteiger partial charge in [0.15, 0.2) is 29.3 Å². The van der Waals surface area contributed by atoms with E-state index in [2.05, 4.69) is 19.9 Å². The van der Waals surface area contributed by atoms with Crippen LogP contribution in [0.3, 0.4) is 0 Å². The second-order valence-electron chi connectivity index (χ2n) is 5.70. The Labute approximate surface area is 157 Å². The zero-order valence-corrected chi connectivity index (χ0v) is 14.7. The van der Waals surface area contributed by atoms with Crippen LogP contribution in [0.4, 0.5) is 20.3 Å².